The number of aryl methyl sites for hydroxylation is 1. The summed E-state index contributed by atoms with van der Waals surface area (Å²) in [6.07, 6.45) is 3.16. The number of aromatic nitrogens is 4. The van der Waals surface area contributed by atoms with Crippen LogP contribution in [0.1, 0.15) is 17.2 Å². The summed E-state index contributed by atoms with van der Waals surface area (Å²) in [5.41, 5.74) is 17.8. The Labute approximate surface area is 137 Å². The third-order valence-electron chi connectivity index (χ3n) is 3.46. The predicted octanol–water partition coefficient (Wildman–Crippen LogP) is -0.764. The van der Waals surface area contributed by atoms with E-state index in [0.29, 0.717) is 28.7 Å². The van der Waals surface area contributed by atoms with Crippen LogP contribution in [-0.4, -0.2) is 33.0 Å². The predicted molar refractivity (Wildman–Crippen MR) is 88.4 cm³/mol. The van der Waals surface area contributed by atoms with Crippen LogP contribution in [0.15, 0.2) is 29.5 Å². The molecule has 0 bridgehead atoms. The average molecular weight is 327 g/mol. The first-order valence-corrected chi connectivity index (χ1v) is 7.03. The minimum absolute atomic E-state index is 0.0936. The first-order chi connectivity index (χ1) is 11.4. The third-order valence-corrected chi connectivity index (χ3v) is 3.46. The van der Waals surface area contributed by atoms with Gasteiger partial charge in [-0.25, -0.2) is 15.0 Å². The molecule has 0 aromatic carbocycles. The zero-order valence-electron chi connectivity index (χ0n) is 13.2. The Morgan fingerprint density at radius 1 is 1.17 bits per heavy atom. The van der Waals surface area contributed by atoms with E-state index >= 15 is 0 Å². The van der Waals surface area contributed by atoms with E-state index in [0.717, 1.165) is 0 Å². The molecule has 10 heteroatoms. The lowest BCUT2D eigenvalue weighted by atomic mass is 9.92. The van der Waals surface area contributed by atoms with E-state index in [4.69, 9.17) is 21.9 Å². The van der Waals surface area contributed by atoms with Crippen LogP contribution in [0.3, 0.4) is 0 Å². The normalized spacial score (nSPS) is 20.0. The lowest BCUT2D eigenvalue weighted by Crippen LogP contribution is -2.45. The highest BCUT2D eigenvalue weighted by Gasteiger charge is 2.37. The fourth-order valence-electron chi connectivity index (χ4n) is 2.34. The summed E-state index contributed by atoms with van der Waals surface area (Å²) >= 11 is 0. The molecule has 0 saturated heterocycles. The second kappa shape index (κ2) is 5.74. The van der Waals surface area contributed by atoms with Gasteiger partial charge in [-0.15, -0.1) is 0 Å². The Morgan fingerprint density at radius 3 is 2.58 bits per heavy atom. The molecule has 1 atom stereocenters. The quantitative estimate of drug-likeness (QED) is 0.567. The van der Waals surface area contributed by atoms with Crippen molar-refractivity contribution < 1.29 is 4.74 Å². The van der Waals surface area contributed by atoms with Crippen LogP contribution in [0.4, 0.5) is 5.95 Å². The molecule has 3 rings (SSSR count). The fraction of sp³-hybridized carbons (Fsp3) is 0.214. The summed E-state index contributed by atoms with van der Waals surface area (Å²) in [6, 6.07) is 3.43. The van der Waals surface area contributed by atoms with E-state index < -0.39 is 5.66 Å². The zero-order valence-corrected chi connectivity index (χ0v) is 13.2. The molecule has 0 spiro atoms. The number of aliphatic imine (C=N–C) groups is 1. The molecule has 2 aromatic rings. The number of pyridine rings is 1. The summed E-state index contributed by atoms with van der Waals surface area (Å²) in [6.45, 7) is 1.71. The fourth-order valence-corrected chi connectivity index (χ4v) is 2.34. The molecule has 1 aliphatic heterocycles. The Morgan fingerprint density at radius 2 is 1.96 bits per heavy atom. The van der Waals surface area contributed by atoms with Gasteiger partial charge in [0.1, 0.15) is 5.82 Å². The highest BCUT2D eigenvalue weighted by molar-refractivity contribution is 5.87. The molecular weight excluding hydrogens is 310 g/mol. The third kappa shape index (κ3) is 2.70. The maximum atomic E-state index is 6.54. The molecule has 0 amide bonds. The number of nitrogens with zero attached hydrogens (tertiary/aromatic N) is 5. The topological polar surface area (TPSA) is 163 Å². The maximum Gasteiger partial charge on any atom is 0.223 e. The van der Waals surface area contributed by atoms with E-state index in [9.17, 15) is 0 Å². The van der Waals surface area contributed by atoms with Crippen molar-refractivity contribution in [3.63, 3.8) is 0 Å². The molecule has 3 heterocycles. The van der Waals surface area contributed by atoms with Crippen molar-refractivity contribution >= 4 is 17.5 Å². The molecule has 10 nitrogen and oxygen atoms in total. The van der Waals surface area contributed by atoms with Crippen molar-refractivity contribution in [1.29, 1.82) is 0 Å². The van der Waals surface area contributed by atoms with Crippen LogP contribution in [-0.2, 0) is 5.66 Å². The number of nitrogen functional groups attached to an aromatic ring is 1. The highest BCUT2D eigenvalue weighted by atomic mass is 16.5. The Balaban J connectivity index is 2.13. The molecule has 0 fully saturated rings. The van der Waals surface area contributed by atoms with Gasteiger partial charge in [0.2, 0.25) is 11.8 Å². The number of hydrogen-bond donors (Lipinski definition) is 4. The molecule has 7 N–H and O–H groups in total. The van der Waals surface area contributed by atoms with Gasteiger partial charge in [-0.3, -0.25) is 5.73 Å². The summed E-state index contributed by atoms with van der Waals surface area (Å²) < 4.78 is 5.06. The minimum atomic E-state index is -1.32. The first-order valence-electron chi connectivity index (χ1n) is 7.03. The van der Waals surface area contributed by atoms with Crippen LogP contribution in [0.5, 0.6) is 5.88 Å². The molecule has 0 radical (unpaired) electrons. The number of nitrogens with two attached hydrogens (primary N) is 3. The van der Waals surface area contributed by atoms with Crippen LogP contribution in [0.2, 0.25) is 0 Å². The van der Waals surface area contributed by atoms with Crippen molar-refractivity contribution in [2.45, 2.75) is 12.6 Å². The standard InChI is InChI=1S/C14H17N9O/c1-7-20-11(22-13(16)21-7)9-6-19-12(15)23-14(9,17)8-3-4-10(24-2)18-5-8/h3-6H,17H2,1-2H3,(H3,15,19,23)(H2,16,20,21,22). The maximum absolute atomic E-state index is 6.54. The summed E-state index contributed by atoms with van der Waals surface area (Å²) in [7, 11) is 1.53. The van der Waals surface area contributed by atoms with Crippen LogP contribution in [0, 0.1) is 6.92 Å². The van der Waals surface area contributed by atoms with E-state index in [1.165, 1.54) is 7.11 Å². The lowest BCUT2D eigenvalue weighted by Gasteiger charge is -2.31. The number of ether oxygens (including phenoxy) is 1. The second-order valence-electron chi connectivity index (χ2n) is 5.12. The second-order valence-corrected chi connectivity index (χ2v) is 5.12. The molecular formula is C14H17N9O. The highest BCUT2D eigenvalue weighted by Crippen LogP contribution is 2.35. The van der Waals surface area contributed by atoms with Crippen molar-refractivity contribution in [2.24, 2.45) is 16.5 Å². The SMILES string of the molecule is COc1ccc(C2(N)N=C(N)NC=C2c2nc(C)nc(N)n2)cn1. The molecule has 2 aromatic heterocycles. The van der Waals surface area contributed by atoms with Gasteiger partial charge in [0.25, 0.3) is 0 Å². The Bertz CT molecular complexity index is 810. The van der Waals surface area contributed by atoms with Crippen molar-refractivity contribution in [2.75, 3.05) is 12.8 Å². The van der Waals surface area contributed by atoms with Gasteiger partial charge >= 0.3 is 0 Å². The number of methoxy groups -OCH3 is 1. The Kier molecular flexibility index (Phi) is 3.73. The molecule has 0 saturated carbocycles. The number of nitrogens with one attached hydrogen (secondary N) is 1. The lowest BCUT2D eigenvalue weighted by molar-refractivity contribution is 0.397. The van der Waals surface area contributed by atoms with Gasteiger partial charge in [-0.1, -0.05) is 0 Å². The average Bonchev–Trinajstić information content (AvgIpc) is 2.54. The number of guanidine groups is 1. The molecule has 1 unspecified atom stereocenters. The van der Waals surface area contributed by atoms with Crippen molar-refractivity contribution in [3.05, 3.63) is 41.7 Å². The molecule has 124 valence electrons. The van der Waals surface area contributed by atoms with Crippen molar-refractivity contribution in [1.82, 2.24) is 25.3 Å². The minimum Gasteiger partial charge on any atom is -0.481 e. The van der Waals surface area contributed by atoms with Crippen LogP contribution >= 0.6 is 0 Å². The van der Waals surface area contributed by atoms with Gasteiger partial charge in [-0.05, 0) is 13.0 Å². The van der Waals surface area contributed by atoms with E-state index in [1.807, 2.05) is 0 Å². The van der Waals surface area contributed by atoms with Crippen LogP contribution in [0.25, 0.3) is 5.57 Å². The molecule has 24 heavy (non-hydrogen) atoms. The van der Waals surface area contributed by atoms with Gasteiger partial charge < -0.3 is 21.5 Å². The smallest absolute Gasteiger partial charge is 0.223 e. The van der Waals surface area contributed by atoms with Gasteiger partial charge in [0, 0.05) is 24.0 Å². The van der Waals surface area contributed by atoms with E-state index in [2.05, 4.69) is 30.2 Å². The molecule has 1 aliphatic rings. The van der Waals surface area contributed by atoms with Gasteiger partial charge in [0.15, 0.2) is 17.4 Å². The first kappa shape index (κ1) is 15.6. The van der Waals surface area contributed by atoms with Crippen molar-refractivity contribution in [3.8, 4) is 5.88 Å². The van der Waals surface area contributed by atoms with E-state index in [1.54, 1.807) is 31.5 Å². The summed E-state index contributed by atoms with van der Waals surface area (Å²) in [5, 5.41) is 2.82. The van der Waals surface area contributed by atoms with Crippen LogP contribution < -0.4 is 27.3 Å². The number of anilines is 1. The molecule has 0 aliphatic carbocycles. The number of hydrogen-bond acceptors (Lipinski definition) is 10. The zero-order chi connectivity index (χ0) is 17.3. The number of rotatable bonds is 3. The summed E-state index contributed by atoms with van der Waals surface area (Å²) in [5.74, 6) is 1.49. The Hall–Kier alpha value is -3.27. The monoisotopic (exact) mass is 327 g/mol. The van der Waals surface area contributed by atoms with Gasteiger partial charge in [0.05, 0.1) is 12.7 Å². The van der Waals surface area contributed by atoms with E-state index in [-0.39, 0.29) is 11.9 Å². The van der Waals surface area contributed by atoms with Gasteiger partial charge in [-0.2, -0.15) is 9.97 Å². The largest absolute Gasteiger partial charge is 0.481 e. The summed E-state index contributed by atoms with van der Waals surface area (Å²) in [4.78, 5) is 20.9.